The summed E-state index contributed by atoms with van der Waals surface area (Å²) >= 11 is 0. The maximum absolute atomic E-state index is 12.5. The van der Waals surface area contributed by atoms with Crippen molar-refractivity contribution in [1.29, 1.82) is 0 Å². The number of alkyl halides is 3. The van der Waals surface area contributed by atoms with E-state index in [1.807, 2.05) is 0 Å². The lowest BCUT2D eigenvalue weighted by molar-refractivity contribution is -0.0912. The molecule has 0 saturated carbocycles. The zero-order valence-electron chi connectivity index (χ0n) is 8.15. The van der Waals surface area contributed by atoms with Gasteiger partial charge < -0.3 is 4.90 Å². The molecule has 14 heavy (non-hydrogen) atoms. The Balaban J connectivity index is 3.08. The molecule has 1 rings (SSSR count). The largest absolute Gasteiger partial charge is 0.418 e. The van der Waals surface area contributed by atoms with Crippen molar-refractivity contribution in [3.63, 3.8) is 0 Å². The normalized spacial score (nSPS) is 18.1. The molecule has 0 radical (unpaired) electrons. The second-order valence-electron chi connectivity index (χ2n) is 3.16. The van der Waals surface area contributed by atoms with E-state index >= 15 is 0 Å². The number of likely N-dealkylation sites (N-methyl/N-ethyl adjacent to an activating group) is 1. The van der Waals surface area contributed by atoms with Crippen LogP contribution in [-0.2, 0) is 0 Å². The molecule has 0 N–H and O–H groups in total. The number of allylic oxidation sites excluding steroid dienone is 3. The Bertz CT molecular complexity index is 310. The molecule has 0 unspecified atom stereocenters. The molecule has 0 fully saturated rings. The minimum Gasteiger partial charge on any atom is -0.348 e. The second-order valence-corrected chi connectivity index (χ2v) is 3.16. The predicted molar refractivity (Wildman–Crippen MR) is 49.4 cm³/mol. The first-order valence-electron chi connectivity index (χ1n) is 4.29. The van der Waals surface area contributed by atoms with Gasteiger partial charge in [-0.25, -0.2) is 0 Å². The zero-order chi connectivity index (χ0) is 10.9. The topological polar surface area (TPSA) is 3.24 Å². The summed E-state index contributed by atoms with van der Waals surface area (Å²) in [4.78, 5) is 1.50. The van der Waals surface area contributed by atoms with Crippen LogP contribution in [0, 0.1) is 0 Å². The third-order valence-corrected chi connectivity index (χ3v) is 2.04. The highest BCUT2D eigenvalue weighted by Gasteiger charge is 2.37. The van der Waals surface area contributed by atoms with Crippen molar-refractivity contribution >= 4 is 0 Å². The predicted octanol–water partition coefficient (Wildman–Crippen LogP) is 3.23. The van der Waals surface area contributed by atoms with Gasteiger partial charge in [-0.15, -0.1) is 0 Å². The number of nitrogens with zero attached hydrogens (tertiary/aromatic N) is 1. The first-order chi connectivity index (χ1) is 6.36. The van der Waals surface area contributed by atoms with Crippen molar-refractivity contribution in [2.75, 3.05) is 6.54 Å². The SMILES string of the molecule is C=C1C(C(F)(F)F)=CC(C)=CN1CC. The highest BCUT2D eigenvalue weighted by molar-refractivity contribution is 5.42. The average molecular weight is 203 g/mol. The molecule has 0 aromatic rings. The third kappa shape index (κ3) is 2.00. The fourth-order valence-electron chi connectivity index (χ4n) is 1.35. The summed E-state index contributed by atoms with van der Waals surface area (Å²) in [6, 6.07) is 0. The minimum absolute atomic E-state index is 0.0191. The molecule has 4 heteroatoms. The van der Waals surface area contributed by atoms with Gasteiger partial charge in [0.05, 0.1) is 5.57 Å². The van der Waals surface area contributed by atoms with E-state index in [0.29, 0.717) is 12.1 Å². The van der Waals surface area contributed by atoms with Crippen LogP contribution in [0.1, 0.15) is 13.8 Å². The minimum atomic E-state index is -4.32. The van der Waals surface area contributed by atoms with E-state index in [1.54, 1.807) is 20.0 Å². The molecule has 0 amide bonds. The second kappa shape index (κ2) is 3.52. The smallest absolute Gasteiger partial charge is 0.348 e. The molecule has 0 aromatic heterocycles. The van der Waals surface area contributed by atoms with Crippen LogP contribution in [0.2, 0.25) is 0 Å². The molecular weight excluding hydrogens is 191 g/mol. The molecule has 0 spiro atoms. The van der Waals surface area contributed by atoms with Crippen LogP contribution in [0.5, 0.6) is 0 Å². The Labute approximate surface area is 81.2 Å². The molecule has 1 aliphatic heterocycles. The Morgan fingerprint density at radius 2 is 2.00 bits per heavy atom. The molecule has 1 nitrogen and oxygen atoms in total. The molecular formula is C10H12F3N. The summed E-state index contributed by atoms with van der Waals surface area (Å²) in [5, 5.41) is 0. The Morgan fingerprint density at radius 1 is 1.43 bits per heavy atom. The van der Waals surface area contributed by atoms with Crippen LogP contribution in [0.4, 0.5) is 13.2 Å². The molecule has 78 valence electrons. The van der Waals surface area contributed by atoms with Crippen LogP contribution in [0.25, 0.3) is 0 Å². The molecule has 0 atom stereocenters. The van der Waals surface area contributed by atoms with E-state index in [0.717, 1.165) is 6.08 Å². The van der Waals surface area contributed by atoms with Gasteiger partial charge in [0.2, 0.25) is 0 Å². The molecule has 1 heterocycles. The maximum Gasteiger partial charge on any atom is 0.418 e. The number of hydrogen-bond acceptors (Lipinski definition) is 1. The molecule has 0 bridgehead atoms. The quantitative estimate of drug-likeness (QED) is 0.632. The Kier molecular flexibility index (Phi) is 2.73. The summed E-state index contributed by atoms with van der Waals surface area (Å²) in [6.07, 6.45) is -1.54. The van der Waals surface area contributed by atoms with Gasteiger partial charge in [0.1, 0.15) is 0 Å². The van der Waals surface area contributed by atoms with E-state index in [4.69, 9.17) is 0 Å². The van der Waals surface area contributed by atoms with Gasteiger partial charge in [-0.2, -0.15) is 13.2 Å². The van der Waals surface area contributed by atoms with Crippen LogP contribution >= 0.6 is 0 Å². The van der Waals surface area contributed by atoms with Gasteiger partial charge in [0.25, 0.3) is 0 Å². The van der Waals surface area contributed by atoms with Gasteiger partial charge in [-0.1, -0.05) is 6.58 Å². The van der Waals surface area contributed by atoms with Crippen LogP contribution in [-0.4, -0.2) is 17.6 Å². The lowest BCUT2D eigenvalue weighted by Crippen LogP contribution is -2.26. The highest BCUT2D eigenvalue weighted by atomic mass is 19.4. The lowest BCUT2D eigenvalue weighted by Gasteiger charge is -2.28. The van der Waals surface area contributed by atoms with Crippen molar-refractivity contribution in [1.82, 2.24) is 4.90 Å². The first-order valence-corrected chi connectivity index (χ1v) is 4.29. The highest BCUT2D eigenvalue weighted by Crippen LogP contribution is 2.35. The maximum atomic E-state index is 12.5. The lowest BCUT2D eigenvalue weighted by atomic mass is 10.1. The average Bonchev–Trinajstić information content (AvgIpc) is 2.06. The third-order valence-electron chi connectivity index (χ3n) is 2.04. The fraction of sp³-hybridized carbons (Fsp3) is 0.400. The van der Waals surface area contributed by atoms with E-state index in [2.05, 4.69) is 6.58 Å². The summed E-state index contributed by atoms with van der Waals surface area (Å²) in [5.41, 5.74) is -0.0449. The Morgan fingerprint density at radius 3 is 2.43 bits per heavy atom. The standard InChI is InChI=1S/C10H12F3N/c1-4-14-6-7(2)5-9(8(14)3)10(11,12)13/h5-6H,3-4H2,1-2H3. The van der Waals surface area contributed by atoms with E-state index < -0.39 is 11.7 Å². The van der Waals surface area contributed by atoms with Gasteiger partial charge in [0, 0.05) is 18.4 Å². The summed E-state index contributed by atoms with van der Waals surface area (Å²) < 4.78 is 37.5. The Hall–Kier alpha value is -1.19. The van der Waals surface area contributed by atoms with Gasteiger partial charge in [0.15, 0.2) is 0 Å². The number of halogens is 3. The van der Waals surface area contributed by atoms with Crippen LogP contribution < -0.4 is 0 Å². The van der Waals surface area contributed by atoms with Crippen molar-refractivity contribution in [2.45, 2.75) is 20.0 Å². The number of rotatable bonds is 1. The molecule has 1 aliphatic rings. The van der Waals surface area contributed by atoms with Gasteiger partial charge >= 0.3 is 6.18 Å². The van der Waals surface area contributed by atoms with Crippen LogP contribution in [0.15, 0.2) is 35.7 Å². The molecule has 0 saturated heterocycles. The zero-order valence-corrected chi connectivity index (χ0v) is 8.15. The van der Waals surface area contributed by atoms with Crippen molar-refractivity contribution in [2.24, 2.45) is 0 Å². The van der Waals surface area contributed by atoms with E-state index in [1.165, 1.54) is 4.90 Å². The summed E-state index contributed by atoms with van der Waals surface area (Å²) in [5.74, 6) is 0. The van der Waals surface area contributed by atoms with E-state index in [9.17, 15) is 13.2 Å². The van der Waals surface area contributed by atoms with E-state index in [-0.39, 0.29) is 5.70 Å². The van der Waals surface area contributed by atoms with Crippen molar-refractivity contribution in [3.05, 3.63) is 35.7 Å². The van der Waals surface area contributed by atoms with Crippen molar-refractivity contribution < 1.29 is 13.2 Å². The molecule has 0 aliphatic carbocycles. The molecule has 0 aromatic carbocycles. The first kappa shape index (κ1) is 10.9. The summed E-state index contributed by atoms with van der Waals surface area (Å²) in [6.45, 7) is 7.36. The van der Waals surface area contributed by atoms with Gasteiger partial charge in [-0.05, 0) is 25.5 Å². The van der Waals surface area contributed by atoms with Crippen molar-refractivity contribution in [3.8, 4) is 0 Å². The summed E-state index contributed by atoms with van der Waals surface area (Å²) in [7, 11) is 0. The fourth-order valence-corrected chi connectivity index (χ4v) is 1.35. The van der Waals surface area contributed by atoms with Crippen LogP contribution in [0.3, 0.4) is 0 Å². The monoisotopic (exact) mass is 203 g/mol. The number of hydrogen-bond donors (Lipinski definition) is 0. The van der Waals surface area contributed by atoms with Gasteiger partial charge in [-0.3, -0.25) is 0 Å².